The third kappa shape index (κ3) is 4.62. The molecule has 1 aromatic heterocycles. The Morgan fingerprint density at radius 2 is 2.19 bits per heavy atom. The molecule has 16 heavy (non-hydrogen) atoms. The van der Waals surface area contributed by atoms with E-state index in [1.807, 2.05) is 0 Å². The summed E-state index contributed by atoms with van der Waals surface area (Å²) in [6.45, 7) is 2.89. The number of pyridine rings is 1. The van der Waals surface area contributed by atoms with Gasteiger partial charge in [0.15, 0.2) is 0 Å². The van der Waals surface area contributed by atoms with Crippen LogP contribution in [0.5, 0.6) is 0 Å². The van der Waals surface area contributed by atoms with Crippen molar-refractivity contribution in [1.29, 1.82) is 0 Å². The van der Waals surface area contributed by atoms with E-state index in [-0.39, 0.29) is 5.91 Å². The third-order valence-electron chi connectivity index (χ3n) is 2.31. The van der Waals surface area contributed by atoms with Gasteiger partial charge in [-0.25, -0.2) is 4.98 Å². The highest BCUT2D eigenvalue weighted by Gasteiger charge is 2.04. The molecule has 88 valence electrons. The summed E-state index contributed by atoms with van der Waals surface area (Å²) < 4.78 is 0. The standard InChI is InChI=1S/C12H17ClN2O/c1-2-3-4-5-8-14-12(16)10-6-7-11(13)15-9-10/h6-7,9H,2-5,8H2,1H3,(H,14,16). The molecule has 0 spiro atoms. The van der Waals surface area contributed by atoms with Gasteiger partial charge in [-0.3, -0.25) is 4.79 Å². The lowest BCUT2D eigenvalue weighted by Gasteiger charge is -2.04. The molecule has 0 saturated carbocycles. The fraction of sp³-hybridized carbons (Fsp3) is 0.500. The Morgan fingerprint density at radius 3 is 2.81 bits per heavy atom. The van der Waals surface area contributed by atoms with Crippen molar-refractivity contribution in [3.63, 3.8) is 0 Å². The van der Waals surface area contributed by atoms with Crippen LogP contribution in [0.2, 0.25) is 5.15 Å². The first-order valence-corrected chi connectivity index (χ1v) is 6.01. The fourth-order valence-corrected chi connectivity index (χ4v) is 1.48. The SMILES string of the molecule is CCCCCCNC(=O)c1ccc(Cl)nc1. The summed E-state index contributed by atoms with van der Waals surface area (Å²) in [5, 5.41) is 3.26. The Labute approximate surface area is 101 Å². The van der Waals surface area contributed by atoms with Gasteiger partial charge in [-0.1, -0.05) is 37.8 Å². The zero-order chi connectivity index (χ0) is 11.8. The lowest BCUT2D eigenvalue weighted by Crippen LogP contribution is -2.24. The van der Waals surface area contributed by atoms with E-state index in [0.29, 0.717) is 10.7 Å². The molecule has 3 nitrogen and oxygen atoms in total. The number of halogens is 1. The van der Waals surface area contributed by atoms with Gasteiger partial charge in [-0.05, 0) is 18.6 Å². The van der Waals surface area contributed by atoms with Gasteiger partial charge in [0.1, 0.15) is 5.15 Å². The number of unbranched alkanes of at least 4 members (excludes halogenated alkanes) is 3. The van der Waals surface area contributed by atoms with Crippen LogP contribution >= 0.6 is 11.6 Å². The summed E-state index contributed by atoms with van der Waals surface area (Å²) in [5.41, 5.74) is 0.555. The van der Waals surface area contributed by atoms with Crippen molar-refractivity contribution >= 4 is 17.5 Å². The molecule has 1 rings (SSSR count). The van der Waals surface area contributed by atoms with E-state index in [2.05, 4.69) is 17.2 Å². The van der Waals surface area contributed by atoms with Gasteiger partial charge in [0, 0.05) is 12.7 Å². The summed E-state index contributed by atoms with van der Waals surface area (Å²) in [5.74, 6) is -0.0827. The molecule has 0 aliphatic carbocycles. The third-order valence-corrected chi connectivity index (χ3v) is 2.53. The van der Waals surface area contributed by atoms with Crippen molar-refractivity contribution in [3.8, 4) is 0 Å². The van der Waals surface area contributed by atoms with Gasteiger partial charge in [-0.15, -0.1) is 0 Å². The molecule has 0 bridgehead atoms. The topological polar surface area (TPSA) is 42.0 Å². The number of carbonyl (C=O) groups excluding carboxylic acids is 1. The number of hydrogen-bond acceptors (Lipinski definition) is 2. The van der Waals surface area contributed by atoms with E-state index >= 15 is 0 Å². The summed E-state index contributed by atoms with van der Waals surface area (Å²) in [6.07, 6.45) is 6.10. The van der Waals surface area contributed by atoms with Crippen molar-refractivity contribution < 1.29 is 4.79 Å². The Bertz CT molecular complexity index is 324. The molecular weight excluding hydrogens is 224 g/mol. The molecule has 0 aliphatic heterocycles. The molecule has 0 radical (unpaired) electrons. The Balaban J connectivity index is 2.27. The molecule has 4 heteroatoms. The molecule has 1 N–H and O–H groups in total. The van der Waals surface area contributed by atoms with Crippen LogP contribution in [0, 0.1) is 0 Å². The molecule has 1 heterocycles. The second-order valence-corrected chi connectivity index (χ2v) is 4.07. The Kier molecular flexibility index (Phi) is 5.86. The molecular formula is C12H17ClN2O. The van der Waals surface area contributed by atoms with Crippen LogP contribution < -0.4 is 5.32 Å². The first kappa shape index (κ1) is 13.0. The smallest absolute Gasteiger partial charge is 0.252 e. The number of amides is 1. The number of nitrogens with zero attached hydrogens (tertiary/aromatic N) is 1. The molecule has 0 aromatic carbocycles. The van der Waals surface area contributed by atoms with E-state index in [1.54, 1.807) is 12.1 Å². The van der Waals surface area contributed by atoms with E-state index in [4.69, 9.17) is 11.6 Å². The number of carbonyl (C=O) groups is 1. The maximum atomic E-state index is 11.6. The molecule has 0 aliphatic rings. The highest BCUT2D eigenvalue weighted by molar-refractivity contribution is 6.29. The van der Waals surface area contributed by atoms with Crippen LogP contribution in [0.1, 0.15) is 43.0 Å². The van der Waals surface area contributed by atoms with Crippen molar-refractivity contribution in [2.75, 3.05) is 6.54 Å². The highest BCUT2D eigenvalue weighted by atomic mass is 35.5. The number of hydrogen-bond donors (Lipinski definition) is 1. The van der Waals surface area contributed by atoms with Crippen molar-refractivity contribution in [3.05, 3.63) is 29.0 Å². The average molecular weight is 241 g/mol. The maximum absolute atomic E-state index is 11.6. The first-order chi connectivity index (χ1) is 7.74. The quantitative estimate of drug-likeness (QED) is 0.614. The molecule has 0 unspecified atom stereocenters. The van der Waals surface area contributed by atoms with Crippen LogP contribution in [-0.4, -0.2) is 17.4 Å². The normalized spacial score (nSPS) is 10.1. The van der Waals surface area contributed by atoms with Crippen LogP contribution in [0.4, 0.5) is 0 Å². The summed E-state index contributed by atoms with van der Waals surface area (Å²) >= 11 is 5.64. The number of rotatable bonds is 6. The van der Waals surface area contributed by atoms with Gasteiger partial charge in [0.25, 0.3) is 5.91 Å². The van der Waals surface area contributed by atoms with Crippen LogP contribution in [0.3, 0.4) is 0 Å². The van der Waals surface area contributed by atoms with E-state index in [1.165, 1.54) is 19.0 Å². The summed E-state index contributed by atoms with van der Waals surface area (Å²) in [4.78, 5) is 15.5. The molecule has 0 fully saturated rings. The summed E-state index contributed by atoms with van der Waals surface area (Å²) in [7, 11) is 0. The largest absolute Gasteiger partial charge is 0.352 e. The van der Waals surface area contributed by atoms with Gasteiger partial charge in [-0.2, -0.15) is 0 Å². The van der Waals surface area contributed by atoms with Gasteiger partial charge in [0.2, 0.25) is 0 Å². The lowest BCUT2D eigenvalue weighted by molar-refractivity contribution is 0.0952. The van der Waals surface area contributed by atoms with Crippen molar-refractivity contribution in [2.24, 2.45) is 0 Å². The maximum Gasteiger partial charge on any atom is 0.252 e. The van der Waals surface area contributed by atoms with Gasteiger partial charge in [0.05, 0.1) is 5.56 Å². The average Bonchev–Trinajstić information content (AvgIpc) is 2.29. The minimum atomic E-state index is -0.0827. The molecule has 1 amide bonds. The predicted molar refractivity (Wildman–Crippen MR) is 65.7 cm³/mol. The van der Waals surface area contributed by atoms with Crippen molar-refractivity contribution in [2.45, 2.75) is 32.6 Å². The molecule has 0 atom stereocenters. The second kappa shape index (κ2) is 7.23. The molecule has 0 saturated heterocycles. The monoisotopic (exact) mass is 240 g/mol. The lowest BCUT2D eigenvalue weighted by atomic mass is 10.2. The highest BCUT2D eigenvalue weighted by Crippen LogP contribution is 2.05. The molecule has 1 aromatic rings. The van der Waals surface area contributed by atoms with Crippen molar-refractivity contribution in [1.82, 2.24) is 10.3 Å². The number of nitrogens with one attached hydrogen (secondary N) is 1. The Hall–Kier alpha value is -1.09. The predicted octanol–water partition coefficient (Wildman–Crippen LogP) is 3.05. The van der Waals surface area contributed by atoms with Gasteiger partial charge >= 0.3 is 0 Å². The zero-order valence-corrected chi connectivity index (χ0v) is 10.3. The van der Waals surface area contributed by atoms with Crippen LogP contribution in [-0.2, 0) is 0 Å². The van der Waals surface area contributed by atoms with E-state index in [0.717, 1.165) is 19.4 Å². The van der Waals surface area contributed by atoms with Gasteiger partial charge < -0.3 is 5.32 Å². The minimum Gasteiger partial charge on any atom is -0.352 e. The van der Waals surface area contributed by atoms with E-state index in [9.17, 15) is 4.79 Å². The minimum absolute atomic E-state index is 0.0827. The Morgan fingerprint density at radius 1 is 1.38 bits per heavy atom. The second-order valence-electron chi connectivity index (χ2n) is 3.69. The zero-order valence-electron chi connectivity index (χ0n) is 9.50. The first-order valence-electron chi connectivity index (χ1n) is 5.63. The summed E-state index contributed by atoms with van der Waals surface area (Å²) in [6, 6.07) is 3.30. The van der Waals surface area contributed by atoms with E-state index < -0.39 is 0 Å². The fourth-order valence-electron chi connectivity index (χ4n) is 1.37. The van der Waals surface area contributed by atoms with Crippen LogP contribution in [0.15, 0.2) is 18.3 Å². The number of aromatic nitrogens is 1. The van der Waals surface area contributed by atoms with Crippen LogP contribution in [0.25, 0.3) is 0 Å².